The summed E-state index contributed by atoms with van der Waals surface area (Å²) in [4.78, 5) is 22.9. The number of pyridine rings is 2. The topological polar surface area (TPSA) is 106 Å². The molecule has 4 N–H and O–H groups in total. The second-order valence-electron chi connectivity index (χ2n) is 6.93. The maximum atomic E-state index is 12.2. The fourth-order valence-electron chi connectivity index (χ4n) is 3.18. The highest BCUT2D eigenvalue weighted by molar-refractivity contribution is 5.92. The van der Waals surface area contributed by atoms with Crippen molar-refractivity contribution in [1.29, 1.82) is 5.41 Å². The highest BCUT2D eigenvalue weighted by Crippen LogP contribution is 2.21. The predicted molar refractivity (Wildman–Crippen MR) is 107 cm³/mol. The number of aromatic nitrogens is 2. The fraction of sp³-hybridized carbons (Fsp3) is 0.368. The molecule has 3 heterocycles. The van der Waals surface area contributed by atoms with Crippen LogP contribution in [0, 0.1) is 12.3 Å². The number of likely N-dealkylation sites (N-methyl/N-ethyl adjacent to an activating group) is 1. The molecule has 1 fully saturated rings. The van der Waals surface area contributed by atoms with E-state index in [0.717, 1.165) is 24.3 Å². The maximum Gasteiger partial charge on any atom is 0.320 e. The molecular formula is C19H25N7O. The molecule has 2 aromatic heterocycles. The minimum atomic E-state index is -0.281. The number of rotatable bonds is 5. The molecule has 8 heteroatoms. The SMILES string of the molecule is Cc1cc(Nc2cnc(NC(=O)NC3CC(C)N(C)C3)cc2C=N)ccn1. The molecule has 1 saturated heterocycles. The minimum Gasteiger partial charge on any atom is -0.354 e. The number of nitrogens with zero attached hydrogens (tertiary/aromatic N) is 3. The Morgan fingerprint density at radius 1 is 1.37 bits per heavy atom. The third kappa shape index (κ3) is 4.79. The van der Waals surface area contributed by atoms with Gasteiger partial charge in [0.1, 0.15) is 5.82 Å². The van der Waals surface area contributed by atoms with Gasteiger partial charge < -0.3 is 20.9 Å². The zero-order valence-electron chi connectivity index (χ0n) is 15.8. The van der Waals surface area contributed by atoms with Crippen LogP contribution in [0.4, 0.5) is 22.0 Å². The summed E-state index contributed by atoms with van der Waals surface area (Å²) in [6.45, 7) is 4.89. The van der Waals surface area contributed by atoms with Crippen molar-refractivity contribution >= 4 is 29.4 Å². The van der Waals surface area contributed by atoms with Gasteiger partial charge >= 0.3 is 6.03 Å². The molecule has 0 bridgehead atoms. The average Bonchev–Trinajstić information content (AvgIpc) is 2.93. The predicted octanol–water partition coefficient (Wildman–Crippen LogP) is 2.74. The van der Waals surface area contributed by atoms with Crippen molar-refractivity contribution in [2.45, 2.75) is 32.4 Å². The number of likely N-dealkylation sites (tertiary alicyclic amines) is 1. The number of carbonyl (C=O) groups is 1. The Hall–Kier alpha value is -3.00. The number of anilines is 3. The van der Waals surface area contributed by atoms with Crippen LogP contribution in [0.2, 0.25) is 0 Å². The minimum absolute atomic E-state index is 0.128. The van der Waals surface area contributed by atoms with Gasteiger partial charge in [-0.05, 0) is 45.5 Å². The molecule has 8 nitrogen and oxygen atoms in total. The first-order valence-corrected chi connectivity index (χ1v) is 8.92. The van der Waals surface area contributed by atoms with Crippen LogP contribution in [0.25, 0.3) is 0 Å². The summed E-state index contributed by atoms with van der Waals surface area (Å²) in [5.41, 5.74) is 3.08. The Bertz CT molecular complexity index is 829. The molecule has 1 aliphatic rings. The molecular weight excluding hydrogens is 342 g/mol. The number of aryl methyl sites for hydroxylation is 1. The Kier molecular flexibility index (Phi) is 5.66. The van der Waals surface area contributed by atoms with Crippen LogP contribution < -0.4 is 16.0 Å². The first kappa shape index (κ1) is 18.8. The van der Waals surface area contributed by atoms with Gasteiger partial charge in [-0.1, -0.05) is 0 Å². The van der Waals surface area contributed by atoms with Crippen LogP contribution in [0.5, 0.6) is 0 Å². The second-order valence-corrected chi connectivity index (χ2v) is 6.93. The van der Waals surface area contributed by atoms with Crippen molar-refractivity contribution in [2.75, 3.05) is 24.2 Å². The molecule has 0 spiro atoms. The lowest BCUT2D eigenvalue weighted by Gasteiger charge is -2.15. The lowest BCUT2D eigenvalue weighted by atomic mass is 10.2. The molecule has 3 rings (SSSR count). The zero-order valence-corrected chi connectivity index (χ0v) is 15.8. The molecule has 0 radical (unpaired) electrons. The lowest BCUT2D eigenvalue weighted by molar-refractivity contribution is 0.248. The standard InChI is InChI=1S/C19H25N7O/c1-12-6-15(4-5-21-12)23-17-10-22-18(8-14(17)9-20)25-19(27)24-16-7-13(2)26(3)11-16/h4-6,8-10,13,16,20H,7,11H2,1-3H3,(H,21,23)(H2,22,24,25,27). The summed E-state index contributed by atoms with van der Waals surface area (Å²) >= 11 is 0. The van der Waals surface area contributed by atoms with Gasteiger partial charge in [0, 0.05) is 48.0 Å². The van der Waals surface area contributed by atoms with E-state index >= 15 is 0 Å². The average molecular weight is 367 g/mol. The summed E-state index contributed by atoms with van der Waals surface area (Å²) in [7, 11) is 2.05. The lowest BCUT2D eigenvalue weighted by Crippen LogP contribution is -2.39. The van der Waals surface area contributed by atoms with Crippen LogP contribution >= 0.6 is 0 Å². The number of hydrogen-bond acceptors (Lipinski definition) is 6. The van der Waals surface area contributed by atoms with Crippen molar-refractivity contribution in [1.82, 2.24) is 20.2 Å². The van der Waals surface area contributed by atoms with Gasteiger partial charge in [-0.15, -0.1) is 0 Å². The first-order valence-electron chi connectivity index (χ1n) is 8.92. The highest BCUT2D eigenvalue weighted by Gasteiger charge is 2.27. The van der Waals surface area contributed by atoms with E-state index in [1.807, 2.05) is 19.1 Å². The van der Waals surface area contributed by atoms with E-state index in [0.29, 0.717) is 23.1 Å². The highest BCUT2D eigenvalue weighted by atomic mass is 16.2. The molecule has 2 amide bonds. The van der Waals surface area contributed by atoms with Crippen molar-refractivity contribution in [2.24, 2.45) is 0 Å². The van der Waals surface area contributed by atoms with Gasteiger partial charge in [0.05, 0.1) is 11.9 Å². The van der Waals surface area contributed by atoms with Gasteiger partial charge in [0.2, 0.25) is 0 Å². The smallest absolute Gasteiger partial charge is 0.320 e. The molecule has 0 aromatic carbocycles. The molecule has 142 valence electrons. The Labute approximate surface area is 158 Å². The molecule has 2 unspecified atom stereocenters. The summed E-state index contributed by atoms with van der Waals surface area (Å²) in [5.74, 6) is 0.404. The molecule has 1 aliphatic heterocycles. The van der Waals surface area contributed by atoms with Gasteiger partial charge in [-0.25, -0.2) is 9.78 Å². The number of hydrogen-bond donors (Lipinski definition) is 4. The van der Waals surface area contributed by atoms with Crippen LogP contribution in [0.3, 0.4) is 0 Å². The largest absolute Gasteiger partial charge is 0.354 e. The van der Waals surface area contributed by atoms with Crippen molar-refractivity contribution < 1.29 is 4.79 Å². The molecule has 2 atom stereocenters. The molecule has 2 aromatic rings. The van der Waals surface area contributed by atoms with E-state index < -0.39 is 0 Å². The number of nitrogens with one attached hydrogen (secondary N) is 4. The molecule has 27 heavy (non-hydrogen) atoms. The van der Waals surface area contributed by atoms with Gasteiger partial charge in [0.15, 0.2) is 0 Å². The van der Waals surface area contributed by atoms with Crippen molar-refractivity contribution in [3.63, 3.8) is 0 Å². The van der Waals surface area contributed by atoms with E-state index in [9.17, 15) is 4.79 Å². The second kappa shape index (κ2) is 8.13. The molecule has 0 saturated carbocycles. The number of carbonyl (C=O) groups excluding carboxylic acids is 1. The number of urea groups is 1. The van der Waals surface area contributed by atoms with Gasteiger partial charge in [0.25, 0.3) is 0 Å². The number of amides is 2. The fourth-order valence-corrected chi connectivity index (χ4v) is 3.18. The Balaban J connectivity index is 1.65. The van der Waals surface area contributed by atoms with E-state index in [1.54, 1.807) is 18.5 Å². The van der Waals surface area contributed by atoms with Crippen LogP contribution in [-0.2, 0) is 0 Å². The quantitative estimate of drug-likeness (QED) is 0.608. The van der Waals surface area contributed by atoms with Crippen molar-refractivity contribution in [3.05, 3.63) is 41.9 Å². The molecule has 0 aliphatic carbocycles. The normalized spacial score (nSPS) is 19.5. The summed E-state index contributed by atoms with van der Waals surface area (Å²) in [6.07, 6.45) is 5.49. The van der Waals surface area contributed by atoms with Gasteiger partial charge in [-0.3, -0.25) is 10.3 Å². The maximum absolute atomic E-state index is 12.2. The zero-order chi connectivity index (χ0) is 19.4. The van der Waals surface area contributed by atoms with Gasteiger partial charge in [-0.2, -0.15) is 0 Å². The van der Waals surface area contributed by atoms with E-state index in [2.05, 4.69) is 44.8 Å². The monoisotopic (exact) mass is 367 g/mol. The van der Waals surface area contributed by atoms with E-state index in [1.165, 1.54) is 6.21 Å². The van der Waals surface area contributed by atoms with Crippen molar-refractivity contribution in [3.8, 4) is 0 Å². The summed E-state index contributed by atoms with van der Waals surface area (Å²) < 4.78 is 0. The Morgan fingerprint density at radius 3 is 2.85 bits per heavy atom. The third-order valence-corrected chi connectivity index (χ3v) is 4.73. The Morgan fingerprint density at radius 2 is 2.19 bits per heavy atom. The summed E-state index contributed by atoms with van der Waals surface area (Å²) in [5, 5.41) is 16.6. The summed E-state index contributed by atoms with van der Waals surface area (Å²) in [6, 6.07) is 5.73. The third-order valence-electron chi connectivity index (χ3n) is 4.73. The van der Waals surface area contributed by atoms with E-state index in [-0.39, 0.29) is 12.1 Å². The first-order chi connectivity index (χ1) is 12.9. The van der Waals surface area contributed by atoms with E-state index in [4.69, 9.17) is 5.41 Å². The van der Waals surface area contributed by atoms with Crippen LogP contribution in [0.1, 0.15) is 24.6 Å². The van der Waals surface area contributed by atoms with Crippen LogP contribution in [0.15, 0.2) is 30.6 Å². The van der Waals surface area contributed by atoms with Crippen LogP contribution in [-0.4, -0.2) is 52.8 Å².